The number of benzene rings is 2. The minimum Gasteiger partial charge on any atom is -0.465 e. The molecule has 0 atom stereocenters. The van der Waals surface area contributed by atoms with Crippen LogP contribution in [0.3, 0.4) is 0 Å². The summed E-state index contributed by atoms with van der Waals surface area (Å²) in [5.41, 5.74) is 4.21. The maximum atomic E-state index is 13.1. The first-order chi connectivity index (χ1) is 14.0. The van der Waals surface area contributed by atoms with Crippen LogP contribution in [0, 0.1) is 0 Å². The third-order valence-corrected chi connectivity index (χ3v) is 4.55. The van der Waals surface area contributed by atoms with Gasteiger partial charge >= 0.3 is 6.09 Å². The molecule has 29 heavy (non-hydrogen) atoms. The Kier molecular flexibility index (Phi) is 6.29. The average molecular weight is 392 g/mol. The summed E-state index contributed by atoms with van der Waals surface area (Å²) in [7, 11) is 0. The quantitative estimate of drug-likeness (QED) is 0.588. The van der Waals surface area contributed by atoms with E-state index in [0.717, 1.165) is 24.1 Å². The van der Waals surface area contributed by atoms with Crippen molar-refractivity contribution in [2.45, 2.75) is 33.1 Å². The summed E-state index contributed by atoms with van der Waals surface area (Å²) in [6, 6.07) is 14.6. The van der Waals surface area contributed by atoms with E-state index in [1.54, 1.807) is 30.5 Å². The van der Waals surface area contributed by atoms with E-state index >= 15 is 0 Å². The van der Waals surface area contributed by atoms with Crippen molar-refractivity contribution in [2.75, 3.05) is 15.6 Å². The summed E-state index contributed by atoms with van der Waals surface area (Å²) < 4.78 is 0. The maximum absolute atomic E-state index is 13.1. The van der Waals surface area contributed by atoms with E-state index in [-0.39, 0.29) is 5.91 Å². The summed E-state index contributed by atoms with van der Waals surface area (Å²) in [6.07, 6.45) is 2.95. The van der Waals surface area contributed by atoms with Crippen LogP contribution in [0.2, 0.25) is 0 Å². The van der Waals surface area contributed by atoms with E-state index in [1.165, 1.54) is 5.01 Å². The van der Waals surface area contributed by atoms with Gasteiger partial charge in [0.05, 0.1) is 17.0 Å². The predicted octanol–water partition coefficient (Wildman–Crippen LogP) is 4.84. The van der Waals surface area contributed by atoms with Crippen molar-refractivity contribution >= 4 is 34.8 Å². The number of carbonyl (C=O) groups is 2. The molecule has 3 rings (SSSR count). The largest absolute Gasteiger partial charge is 0.465 e. The summed E-state index contributed by atoms with van der Waals surface area (Å²) in [5.74, 6) is -0.248. The molecule has 0 spiro atoms. The van der Waals surface area contributed by atoms with Crippen molar-refractivity contribution < 1.29 is 14.7 Å². The van der Waals surface area contributed by atoms with Crippen LogP contribution in [-0.4, -0.2) is 22.8 Å². The summed E-state index contributed by atoms with van der Waals surface area (Å²) in [6.45, 7) is 4.11. The van der Waals surface area contributed by atoms with E-state index in [1.807, 2.05) is 31.2 Å². The number of para-hydroxylation sites is 1. The first-order valence-electron chi connectivity index (χ1n) is 9.60. The number of carboxylic acid groups (broad SMARTS) is 1. The van der Waals surface area contributed by atoms with E-state index < -0.39 is 6.09 Å². The second kappa shape index (κ2) is 9.05. The molecule has 1 aliphatic rings. The molecule has 3 N–H and O–H groups in total. The molecule has 0 aliphatic carbocycles. The zero-order valence-electron chi connectivity index (χ0n) is 16.5. The average Bonchev–Trinajstić information content (AvgIpc) is 3.02. The van der Waals surface area contributed by atoms with Crippen molar-refractivity contribution in [2.24, 2.45) is 5.10 Å². The molecule has 2 aromatic rings. The van der Waals surface area contributed by atoms with Gasteiger partial charge in [-0.2, -0.15) is 10.1 Å². The highest BCUT2D eigenvalue weighted by atomic mass is 16.4. The molecule has 7 heteroatoms. The number of nitrogens with zero attached hydrogens (tertiary/aromatic N) is 2. The highest BCUT2D eigenvalue weighted by Crippen LogP contribution is 2.28. The van der Waals surface area contributed by atoms with Crippen molar-refractivity contribution in [3.63, 3.8) is 0 Å². The van der Waals surface area contributed by atoms with Crippen LogP contribution in [0.1, 0.15) is 32.3 Å². The molecule has 0 aromatic heterocycles. The van der Waals surface area contributed by atoms with Crippen molar-refractivity contribution in [1.82, 2.24) is 0 Å². The number of aryl methyl sites for hydroxylation is 1. The molecule has 1 aliphatic heterocycles. The normalized spacial score (nSPS) is 14.8. The number of carbonyl (C=O) groups excluding carboxylic acids is 1. The lowest BCUT2D eigenvalue weighted by molar-refractivity contribution is -0.114. The topological polar surface area (TPSA) is 94.0 Å². The minimum absolute atomic E-state index is 0.248. The van der Waals surface area contributed by atoms with Gasteiger partial charge in [-0.05, 0) is 42.7 Å². The second-order valence-electron chi connectivity index (χ2n) is 6.61. The van der Waals surface area contributed by atoms with Gasteiger partial charge in [0.25, 0.3) is 5.91 Å². The summed E-state index contributed by atoms with van der Waals surface area (Å²) >= 11 is 0. The van der Waals surface area contributed by atoms with E-state index in [0.29, 0.717) is 29.1 Å². The lowest BCUT2D eigenvalue weighted by atomic mass is 10.1. The summed E-state index contributed by atoms with van der Waals surface area (Å²) in [5, 5.41) is 20.3. The van der Waals surface area contributed by atoms with Crippen molar-refractivity contribution in [1.29, 1.82) is 0 Å². The van der Waals surface area contributed by atoms with Crippen LogP contribution < -0.4 is 15.6 Å². The molecule has 2 aromatic carbocycles. The van der Waals surface area contributed by atoms with Crippen molar-refractivity contribution in [3.8, 4) is 0 Å². The maximum Gasteiger partial charge on any atom is 0.409 e. The Bertz CT molecular complexity index is 982. The molecule has 1 heterocycles. The molecule has 0 saturated carbocycles. The Balaban J connectivity index is 1.89. The second-order valence-corrected chi connectivity index (χ2v) is 6.61. The first-order valence-corrected chi connectivity index (χ1v) is 9.60. The van der Waals surface area contributed by atoms with Gasteiger partial charge in [-0.25, -0.2) is 4.79 Å². The first kappa shape index (κ1) is 20.1. The molecular formula is C22H24N4O3. The number of hydrogen-bond acceptors (Lipinski definition) is 4. The number of hydrogen-bond donors (Lipinski definition) is 3. The third kappa shape index (κ3) is 4.63. The molecule has 150 valence electrons. The Hall–Kier alpha value is -3.61. The van der Waals surface area contributed by atoms with E-state index in [9.17, 15) is 9.59 Å². The van der Waals surface area contributed by atoms with Gasteiger partial charge in [-0.15, -0.1) is 0 Å². The van der Waals surface area contributed by atoms with Gasteiger partial charge in [-0.3, -0.25) is 10.1 Å². The molecular weight excluding hydrogens is 368 g/mol. The Morgan fingerprint density at radius 1 is 1.17 bits per heavy atom. The predicted molar refractivity (Wildman–Crippen MR) is 115 cm³/mol. The Morgan fingerprint density at radius 2 is 1.97 bits per heavy atom. The Labute approximate surface area is 169 Å². The van der Waals surface area contributed by atoms with Gasteiger partial charge in [0, 0.05) is 17.6 Å². The lowest BCUT2D eigenvalue weighted by Gasteiger charge is -2.13. The van der Waals surface area contributed by atoms with Gasteiger partial charge in [0.1, 0.15) is 0 Å². The zero-order chi connectivity index (χ0) is 20.8. The van der Waals surface area contributed by atoms with Crippen LogP contribution in [0.15, 0.2) is 65.4 Å². The van der Waals surface area contributed by atoms with Crippen molar-refractivity contribution in [3.05, 3.63) is 65.9 Å². The lowest BCUT2D eigenvalue weighted by Crippen LogP contribution is -2.22. The monoisotopic (exact) mass is 392 g/mol. The highest BCUT2D eigenvalue weighted by Gasteiger charge is 2.30. The van der Waals surface area contributed by atoms with Crippen LogP contribution in [0.4, 0.5) is 21.9 Å². The number of nitrogens with one attached hydrogen (secondary N) is 2. The fourth-order valence-corrected chi connectivity index (χ4v) is 3.16. The third-order valence-electron chi connectivity index (χ3n) is 4.55. The Morgan fingerprint density at radius 3 is 2.69 bits per heavy atom. The fourth-order valence-electron chi connectivity index (χ4n) is 3.16. The number of rotatable bonds is 7. The highest BCUT2D eigenvalue weighted by molar-refractivity contribution is 6.30. The minimum atomic E-state index is -1.16. The number of amides is 2. The van der Waals surface area contributed by atoms with Crippen LogP contribution in [-0.2, 0) is 11.2 Å². The van der Waals surface area contributed by atoms with E-state index in [4.69, 9.17) is 5.11 Å². The smallest absolute Gasteiger partial charge is 0.409 e. The molecule has 0 bridgehead atoms. The van der Waals surface area contributed by atoms with Gasteiger partial charge in [-0.1, -0.05) is 44.5 Å². The standard InChI is InChI=1S/C22H24N4O3/c1-3-8-20-18(14-23-19-12-6-5-9-15(19)4-2)21(27)26(25-20)17-11-7-10-16(13-17)24-22(28)29/h5-7,9-14,23-24H,3-4,8H2,1-2H3,(H,28,29). The van der Waals surface area contributed by atoms with E-state index in [2.05, 4.69) is 22.7 Å². The van der Waals surface area contributed by atoms with Crippen LogP contribution >= 0.6 is 0 Å². The molecule has 7 nitrogen and oxygen atoms in total. The summed E-state index contributed by atoms with van der Waals surface area (Å²) in [4.78, 5) is 24.0. The van der Waals surface area contributed by atoms with Crippen LogP contribution in [0.5, 0.6) is 0 Å². The molecule has 0 unspecified atom stereocenters. The van der Waals surface area contributed by atoms with Gasteiger partial charge in [0.15, 0.2) is 0 Å². The van der Waals surface area contributed by atoms with Crippen LogP contribution in [0.25, 0.3) is 0 Å². The zero-order valence-corrected chi connectivity index (χ0v) is 16.5. The molecule has 0 saturated heterocycles. The molecule has 2 amide bonds. The number of hydrazone groups is 1. The number of anilines is 3. The van der Waals surface area contributed by atoms with Gasteiger partial charge in [0.2, 0.25) is 0 Å². The fraction of sp³-hybridized carbons (Fsp3) is 0.227. The van der Waals surface area contributed by atoms with Gasteiger partial charge < -0.3 is 10.4 Å². The SMILES string of the molecule is CCCC1=NN(c2cccc(NC(=O)O)c2)C(=O)C1=CNc1ccccc1CC. The molecule has 0 fully saturated rings. The molecule has 0 radical (unpaired) electrons.